The van der Waals surface area contributed by atoms with Crippen molar-refractivity contribution in [2.75, 3.05) is 7.05 Å². The molecule has 1 aliphatic rings. The van der Waals surface area contributed by atoms with Crippen molar-refractivity contribution in [3.8, 4) is 0 Å². The summed E-state index contributed by atoms with van der Waals surface area (Å²) in [6.45, 7) is 3.88. The number of para-hydroxylation sites is 1. The zero-order valence-corrected chi connectivity index (χ0v) is 15.5. The van der Waals surface area contributed by atoms with Crippen LogP contribution in [0.3, 0.4) is 0 Å². The highest BCUT2D eigenvalue weighted by molar-refractivity contribution is 8.00. The molecule has 128 valence electrons. The van der Waals surface area contributed by atoms with Crippen LogP contribution in [0, 0.1) is 6.92 Å². The highest BCUT2D eigenvalue weighted by atomic mass is 32.2. The van der Waals surface area contributed by atoms with Gasteiger partial charge in [0.2, 0.25) is 5.91 Å². The van der Waals surface area contributed by atoms with E-state index in [2.05, 4.69) is 9.97 Å². The summed E-state index contributed by atoms with van der Waals surface area (Å²) >= 11 is 1.55. The highest BCUT2D eigenvalue weighted by Gasteiger charge is 2.26. The highest BCUT2D eigenvalue weighted by Crippen LogP contribution is 2.30. The fourth-order valence-electron chi connectivity index (χ4n) is 3.40. The van der Waals surface area contributed by atoms with Gasteiger partial charge in [0.15, 0.2) is 0 Å². The average molecular weight is 343 g/mol. The van der Waals surface area contributed by atoms with Gasteiger partial charge in [-0.1, -0.05) is 49.2 Å². The normalized spacial score (nSPS) is 17.0. The zero-order valence-electron chi connectivity index (χ0n) is 14.7. The standard InChI is InChI=1S/C19H25N3OS/c1-13(19(23)22(3)15-9-5-4-6-10-15)24-18-16-11-7-8-12-17(16)20-14(2)21-18/h7-8,11-13,15H,4-6,9-10H2,1-3H3. The van der Waals surface area contributed by atoms with Gasteiger partial charge in [0.1, 0.15) is 10.9 Å². The Labute approximate surface area is 148 Å². The molecule has 1 amide bonds. The van der Waals surface area contributed by atoms with Crippen molar-refractivity contribution in [1.82, 2.24) is 14.9 Å². The van der Waals surface area contributed by atoms with Gasteiger partial charge in [0.05, 0.1) is 10.8 Å². The summed E-state index contributed by atoms with van der Waals surface area (Å²) in [7, 11) is 1.96. The number of fused-ring (bicyclic) bond motifs is 1. The number of hydrogen-bond acceptors (Lipinski definition) is 4. The molecule has 2 aromatic rings. The molecule has 1 fully saturated rings. The van der Waals surface area contributed by atoms with Gasteiger partial charge in [0, 0.05) is 18.5 Å². The Kier molecular flexibility index (Phi) is 5.39. The molecule has 24 heavy (non-hydrogen) atoms. The van der Waals surface area contributed by atoms with Gasteiger partial charge >= 0.3 is 0 Å². The Morgan fingerprint density at radius 3 is 2.67 bits per heavy atom. The molecule has 1 atom stereocenters. The van der Waals surface area contributed by atoms with Crippen molar-refractivity contribution in [2.45, 2.75) is 62.3 Å². The van der Waals surface area contributed by atoms with E-state index >= 15 is 0 Å². The lowest BCUT2D eigenvalue weighted by molar-refractivity contribution is -0.131. The minimum absolute atomic E-state index is 0.144. The van der Waals surface area contributed by atoms with Crippen molar-refractivity contribution in [1.29, 1.82) is 0 Å². The number of carbonyl (C=O) groups is 1. The van der Waals surface area contributed by atoms with Gasteiger partial charge in [-0.15, -0.1) is 0 Å². The summed E-state index contributed by atoms with van der Waals surface area (Å²) in [5.74, 6) is 0.948. The Bertz CT molecular complexity index is 728. The minimum Gasteiger partial charge on any atom is -0.342 e. The first kappa shape index (κ1) is 17.2. The minimum atomic E-state index is -0.144. The van der Waals surface area contributed by atoms with Crippen LogP contribution in [0.2, 0.25) is 0 Å². The molecule has 1 aliphatic carbocycles. The van der Waals surface area contributed by atoms with Crippen molar-refractivity contribution in [3.63, 3.8) is 0 Å². The van der Waals surface area contributed by atoms with Crippen molar-refractivity contribution < 1.29 is 4.79 Å². The van der Waals surface area contributed by atoms with Crippen molar-refractivity contribution in [3.05, 3.63) is 30.1 Å². The molecule has 0 radical (unpaired) electrons. The number of benzene rings is 1. The maximum Gasteiger partial charge on any atom is 0.235 e. The van der Waals surface area contributed by atoms with E-state index in [9.17, 15) is 4.79 Å². The van der Waals surface area contributed by atoms with Gasteiger partial charge in [-0.25, -0.2) is 9.97 Å². The molecule has 1 saturated carbocycles. The van der Waals surface area contributed by atoms with E-state index in [4.69, 9.17) is 0 Å². The predicted octanol–water partition coefficient (Wildman–Crippen LogP) is 4.21. The lowest BCUT2D eigenvalue weighted by Gasteiger charge is -2.32. The summed E-state index contributed by atoms with van der Waals surface area (Å²) in [5, 5.41) is 1.78. The second kappa shape index (κ2) is 7.51. The van der Waals surface area contributed by atoms with Gasteiger partial charge in [0.25, 0.3) is 0 Å². The van der Waals surface area contributed by atoms with Crippen molar-refractivity contribution in [2.24, 2.45) is 0 Å². The Morgan fingerprint density at radius 1 is 1.21 bits per heavy atom. The van der Waals surface area contributed by atoms with E-state index in [0.29, 0.717) is 6.04 Å². The second-order valence-corrected chi connectivity index (χ2v) is 7.92. The molecule has 5 heteroatoms. The fourth-order valence-corrected chi connectivity index (χ4v) is 4.49. The van der Waals surface area contributed by atoms with Crippen LogP contribution in [0.5, 0.6) is 0 Å². The van der Waals surface area contributed by atoms with Crippen LogP contribution in [0.15, 0.2) is 29.3 Å². The topological polar surface area (TPSA) is 46.1 Å². The van der Waals surface area contributed by atoms with Crippen LogP contribution in [-0.4, -0.2) is 39.1 Å². The summed E-state index contributed by atoms with van der Waals surface area (Å²) in [6.07, 6.45) is 6.04. The van der Waals surface area contributed by atoms with Gasteiger partial charge in [-0.05, 0) is 32.8 Å². The molecule has 4 nitrogen and oxygen atoms in total. The average Bonchev–Trinajstić information content (AvgIpc) is 2.61. The van der Waals surface area contributed by atoms with Gasteiger partial charge in [-0.3, -0.25) is 4.79 Å². The van der Waals surface area contributed by atoms with Crippen LogP contribution in [0.4, 0.5) is 0 Å². The third-order valence-electron chi connectivity index (χ3n) is 4.79. The summed E-state index contributed by atoms with van der Waals surface area (Å²) in [5.41, 5.74) is 0.938. The second-order valence-electron chi connectivity index (χ2n) is 6.59. The summed E-state index contributed by atoms with van der Waals surface area (Å²) in [6, 6.07) is 8.40. The molecule has 0 aliphatic heterocycles. The molecule has 1 aromatic carbocycles. The molecule has 3 rings (SSSR count). The molecule has 0 spiro atoms. The van der Waals surface area contributed by atoms with Gasteiger partial charge < -0.3 is 4.90 Å². The number of nitrogens with zero attached hydrogens (tertiary/aromatic N) is 3. The molecule has 0 saturated heterocycles. The first-order valence-corrected chi connectivity index (χ1v) is 9.61. The Balaban J connectivity index is 1.76. The molecular weight excluding hydrogens is 318 g/mol. The first-order chi connectivity index (χ1) is 11.6. The number of aromatic nitrogens is 2. The van der Waals surface area contributed by atoms with E-state index in [1.165, 1.54) is 19.3 Å². The maximum atomic E-state index is 12.8. The first-order valence-electron chi connectivity index (χ1n) is 8.73. The lowest BCUT2D eigenvalue weighted by Crippen LogP contribution is -2.42. The number of amides is 1. The molecule has 1 heterocycles. The van der Waals surface area contributed by atoms with Crippen LogP contribution in [0.25, 0.3) is 10.9 Å². The SMILES string of the molecule is Cc1nc(SC(C)C(=O)N(C)C2CCCCC2)c2ccccc2n1. The van der Waals surface area contributed by atoms with Gasteiger partial charge in [-0.2, -0.15) is 0 Å². The monoisotopic (exact) mass is 343 g/mol. The molecule has 1 unspecified atom stereocenters. The molecule has 0 N–H and O–H groups in total. The Hall–Kier alpha value is -1.62. The smallest absolute Gasteiger partial charge is 0.235 e. The van der Waals surface area contributed by atoms with E-state index in [0.717, 1.165) is 34.6 Å². The quantitative estimate of drug-likeness (QED) is 0.616. The van der Waals surface area contributed by atoms with E-state index < -0.39 is 0 Å². The van der Waals surface area contributed by atoms with Crippen LogP contribution in [-0.2, 0) is 4.79 Å². The summed E-state index contributed by atoms with van der Waals surface area (Å²) < 4.78 is 0. The van der Waals surface area contributed by atoms with Crippen LogP contribution < -0.4 is 0 Å². The van der Waals surface area contributed by atoms with Crippen LogP contribution in [0.1, 0.15) is 44.9 Å². The number of aryl methyl sites for hydroxylation is 1. The number of carbonyl (C=O) groups excluding carboxylic acids is 1. The van der Waals surface area contributed by atoms with Crippen molar-refractivity contribution >= 4 is 28.6 Å². The number of hydrogen-bond donors (Lipinski definition) is 0. The third kappa shape index (κ3) is 3.72. The third-order valence-corrected chi connectivity index (χ3v) is 5.88. The largest absolute Gasteiger partial charge is 0.342 e. The Morgan fingerprint density at radius 2 is 1.92 bits per heavy atom. The van der Waals surface area contributed by atoms with E-state index in [1.54, 1.807) is 11.8 Å². The zero-order chi connectivity index (χ0) is 17.1. The lowest BCUT2D eigenvalue weighted by atomic mass is 9.94. The molecule has 0 bridgehead atoms. The fraction of sp³-hybridized carbons (Fsp3) is 0.526. The molecular formula is C19H25N3OS. The predicted molar refractivity (Wildman–Crippen MR) is 99.2 cm³/mol. The number of rotatable bonds is 4. The summed E-state index contributed by atoms with van der Waals surface area (Å²) in [4.78, 5) is 23.8. The van der Waals surface area contributed by atoms with E-state index in [-0.39, 0.29) is 11.2 Å². The molecule has 1 aromatic heterocycles. The number of thioether (sulfide) groups is 1. The van der Waals surface area contributed by atoms with E-state index in [1.807, 2.05) is 50.1 Å². The van der Waals surface area contributed by atoms with Crippen LogP contribution >= 0.6 is 11.8 Å². The maximum absolute atomic E-state index is 12.8.